The molecule has 2 heteroatoms. The number of hydrogen-bond donors (Lipinski definition) is 0. The Kier molecular flexibility index (Phi) is 3.46. The van der Waals surface area contributed by atoms with E-state index >= 15 is 0 Å². The van der Waals surface area contributed by atoms with Crippen LogP contribution < -0.4 is 0 Å². The molecule has 0 saturated heterocycles. The second-order valence-corrected chi connectivity index (χ2v) is 3.18. The summed E-state index contributed by atoms with van der Waals surface area (Å²) in [4.78, 5) is 11.1. The van der Waals surface area contributed by atoms with Crippen LogP contribution in [0.1, 0.15) is 18.1 Å². The first-order valence-electron chi connectivity index (χ1n) is 4.47. The number of carbonyl (C=O) groups is 1. The molecule has 0 N–H and O–H groups in total. The van der Waals surface area contributed by atoms with E-state index < -0.39 is 0 Å². The average molecular weight is 190 g/mol. The third-order valence-electron chi connectivity index (χ3n) is 1.94. The van der Waals surface area contributed by atoms with Gasteiger partial charge in [0.2, 0.25) is 0 Å². The number of carbonyl (C=O) groups excluding carboxylic acids is 1. The zero-order valence-corrected chi connectivity index (χ0v) is 8.70. The Morgan fingerprint density at radius 2 is 1.86 bits per heavy atom. The van der Waals surface area contributed by atoms with E-state index in [2.05, 4.69) is 0 Å². The molecule has 0 radical (unpaired) electrons. The molecule has 2 nitrogen and oxygen atoms in total. The van der Waals surface area contributed by atoms with Crippen molar-refractivity contribution in [1.29, 1.82) is 0 Å². The summed E-state index contributed by atoms with van der Waals surface area (Å²) in [6, 6.07) is 7.91. The second kappa shape index (κ2) is 4.61. The van der Waals surface area contributed by atoms with E-state index in [1.54, 1.807) is 6.08 Å². The molecule has 0 saturated carbocycles. The molecular weight excluding hydrogens is 176 g/mol. The summed E-state index contributed by atoms with van der Waals surface area (Å²) < 4.78 is 4.96. The van der Waals surface area contributed by atoms with Crippen LogP contribution in [0.15, 0.2) is 30.0 Å². The monoisotopic (exact) mass is 190 g/mol. The molecule has 1 rings (SSSR count). The van der Waals surface area contributed by atoms with Gasteiger partial charge in [0.1, 0.15) is 0 Å². The van der Waals surface area contributed by atoms with Crippen LogP contribution in [0.5, 0.6) is 0 Å². The number of benzene rings is 1. The van der Waals surface area contributed by atoms with Gasteiger partial charge >= 0.3 is 0 Å². The summed E-state index contributed by atoms with van der Waals surface area (Å²) in [5.74, 6) is 0.321. The minimum absolute atomic E-state index is 0.0620. The Bertz CT molecular complexity index is 347. The van der Waals surface area contributed by atoms with Gasteiger partial charge < -0.3 is 4.74 Å². The molecular formula is C12H14O2. The van der Waals surface area contributed by atoms with Crippen molar-refractivity contribution in [3.05, 3.63) is 41.2 Å². The molecule has 0 atom stereocenters. The van der Waals surface area contributed by atoms with E-state index in [9.17, 15) is 4.79 Å². The molecule has 0 aliphatic carbocycles. The second-order valence-electron chi connectivity index (χ2n) is 3.18. The molecule has 0 heterocycles. The largest absolute Gasteiger partial charge is 0.493 e. The van der Waals surface area contributed by atoms with E-state index in [0.29, 0.717) is 5.76 Å². The molecule has 1 aromatic carbocycles. The number of Topliss-reactive ketones (excluding diaryl/α,β-unsaturated/α-hetero) is 1. The fraction of sp³-hybridized carbons (Fsp3) is 0.250. The summed E-state index contributed by atoms with van der Waals surface area (Å²) >= 11 is 0. The van der Waals surface area contributed by atoms with Gasteiger partial charge in [0.05, 0.1) is 7.11 Å². The summed E-state index contributed by atoms with van der Waals surface area (Å²) in [6.07, 6.45) is 1.74. The predicted molar refractivity (Wildman–Crippen MR) is 56.8 cm³/mol. The van der Waals surface area contributed by atoms with Gasteiger partial charge in [-0.05, 0) is 18.6 Å². The average Bonchev–Trinajstić information content (AvgIpc) is 2.16. The van der Waals surface area contributed by atoms with E-state index in [0.717, 1.165) is 5.56 Å². The normalized spacial score (nSPS) is 11.2. The molecule has 0 aliphatic heterocycles. The fourth-order valence-electron chi connectivity index (χ4n) is 1.12. The minimum Gasteiger partial charge on any atom is -0.493 e. The van der Waals surface area contributed by atoms with Gasteiger partial charge in [0, 0.05) is 6.92 Å². The number of ether oxygens (including phenoxy) is 1. The quantitative estimate of drug-likeness (QED) is 0.541. The lowest BCUT2D eigenvalue weighted by atomic mass is 10.1. The van der Waals surface area contributed by atoms with Gasteiger partial charge in [-0.25, -0.2) is 0 Å². The van der Waals surface area contributed by atoms with Crippen LogP contribution in [0.2, 0.25) is 0 Å². The SMILES string of the molecule is CO/C(=C\c1ccc(C)cc1)C(C)=O. The van der Waals surface area contributed by atoms with E-state index in [4.69, 9.17) is 4.74 Å². The van der Waals surface area contributed by atoms with Crippen molar-refractivity contribution in [2.75, 3.05) is 7.11 Å². The van der Waals surface area contributed by atoms with Crippen molar-refractivity contribution in [2.24, 2.45) is 0 Å². The Balaban J connectivity index is 2.95. The van der Waals surface area contributed by atoms with Crippen LogP contribution in [-0.2, 0) is 9.53 Å². The highest BCUT2D eigenvalue weighted by Crippen LogP contribution is 2.09. The number of aryl methyl sites for hydroxylation is 1. The van der Waals surface area contributed by atoms with Crippen LogP contribution in [0.4, 0.5) is 0 Å². The summed E-state index contributed by atoms with van der Waals surface area (Å²) in [7, 11) is 1.50. The summed E-state index contributed by atoms with van der Waals surface area (Å²) in [5, 5.41) is 0. The third kappa shape index (κ3) is 2.73. The molecule has 0 unspecified atom stereocenters. The highest BCUT2D eigenvalue weighted by molar-refractivity contribution is 5.95. The molecule has 0 amide bonds. The number of hydrogen-bond acceptors (Lipinski definition) is 2. The number of allylic oxidation sites excluding steroid dienone is 1. The molecule has 14 heavy (non-hydrogen) atoms. The van der Waals surface area contributed by atoms with Crippen LogP contribution >= 0.6 is 0 Å². The third-order valence-corrected chi connectivity index (χ3v) is 1.94. The molecule has 0 bridgehead atoms. The zero-order chi connectivity index (χ0) is 10.6. The number of methoxy groups -OCH3 is 1. The van der Waals surface area contributed by atoms with Crippen LogP contribution in [0, 0.1) is 6.92 Å². The zero-order valence-electron chi connectivity index (χ0n) is 8.70. The van der Waals surface area contributed by atoms with Gasteiger partial charge in [0.15, 0.2) is 11.5 Å². The van der Waals surface area contributed by atoms with Gasteiger partial charge in [-0.15, -0.1) is 0 Å². The molecule has 0 fully saturated rings. The van der Waals surface area contributed by atoms with Crippen LogP contribution in [-0.4, -0.2) is 12.9 Å². The van der Waals surface area contributed by atoms with E-state index in [1.165, 1.54) is 19.6 Å². The van der Waals surface area contributed by atoms with Crippen molar-refractivity contribution < 1.29 is 9.53 Å². The van der Waals surface area contributed by atoms with E-state index in [1.807, 2.05) is 31.2 Å². The lowest BCUT2D eigenvalue weighted by Crippen LogP contribution is -1.98. The van der Waals surface area contributed by atoms with Crippen molar-refractivity contribution in [3.8, 4) is 0 Å². The maximum Gasteiger partial charge on any atom is 0.194 e. The van der Waals surface area contributed by atoms with Crippen molar-refractivity contribution in [2.45, 2.75) is 13.8 Å². The predicted octanol–water partition coefficient (Wildman–Crippen LogP) is 2.57. The lowest BCUT2D eigenvalue weighted by molar-refractivity contribution is -0.116. The lowest BCUT2D eigenvalue weighted by Gasteiger charge is -2.01. The number of rotatable bonds is 3. The van der Waals surface area contributed by atoms with Crippen LogP contribution in [0.3, 0.4) is 0 Å². The van der Waals surface area contributed by atoms with Gasteiger partial charge in [-0.2, -0.15) is 0 Å². The molecule has 1 aromatic rings. The Hall–Kier alpha value is -1.57. The molecule has 0 spiro atoms. The van der Waals surface area contributed by atoms with Crippen molar-refractivity contribution in [3.63, 3.8) is 0 Å². The first-order chi connectivity index (χ1) is 6.63. The highest BCUT2D eigenvalue weighted by Gasteiger charge is 2.02. The van der Waals surface area contributed by atoms with Crippen LogP contribution in [0.25, 0.3) is 6.08 Å². The summed E-state index contributed by atoms with van der Waals surface area (Å²) in [5.41, 5.74) is 2.17. The molecule has 0 aliphatic rings. The standard InChI is InChI=1S/C12H14O2/c1-9-4-6-11(7-5-9)8-12(14-3)10(2)13/h4-8H,1-3H3/b12-8-. The Morgan fingerprint density at radius 3 is 2.29 bits per heavy atom. The molecule has 0 aromatic heterocycles. The van der Waals surface area contributed by atoms with Gasteiger partial charge in [0.25, 0.3) is 0 Å². The first kappa shape index (κ1) is 10.5. The fourth-order valence-corrected chi connectivity index (χ4v) is 1.12. The first-order valence-corrected chi connectivity index (χ1v) is 4.47. The van der Waals surface area contributed by atoms with Crippen molar-refractivity contribution >= 4 is 11.9 Å². The maximum absolute atomic E-state index is 11.1. The Labute approximate surface area is 84.2 Å². The topological polar surface area (TPSA) is 26.3 Å². The summed E-state index contributed by atoms with van der Waals surface area (Å²) in [6.45, 7) is 3.51. The Morgan fingerprint density at radius 1 is 1.29 bits per heavy atom. The highest BCUT2D eigenvalue weighted by atomic mass is 16.5. The van der Waals surface area contributed by atoms with E-state index in [-0.39, 0.29) is 5.78 Å². The number of ketones is 1. The van der Waals surface area contributed by atoms with Crippen molar-refractivity contribution in [1.82, 2.24) is 0 Å². The maximum atomic E-state index is 11.1. The smallest absolute Gasteiger partial charge is 0.194 e. The van der Waals surface area contributed by atoms with Gasteiger partial charge in [-0.3, -0.25) is 4.79 Å². The van der Waals surface area contributed by atoms with Gasteiger partial charge in [-0.1, -0.05) is 29.8 Å². The minimum atomic E-state index is -0.0620. The molecule has 74 valence electrons.